The zero-order valence-electron chi connectivity index (χ0n) is 18.3. The van der Waals surface area contributed by atoms with Crippen molar-refractivity contribution < 1.29 is 9.21 Å². The lowest BCUT2D eigenvalue weighted by atomic mass is 9.98. The molecular formula is C21H26N7O2PS. The van der Waals surface area contributed by atoms with Gasteiger partial charge in [0.1, 0.15) is 0 Å². The Kier molecular flexibility index (Phi) is 6.35. The fraction of sp³-hybridized carbons (Fsp3) is 0.429. The van der Waals surface area contributed by atoms with Crippen LogP contribution in [0, 0.1) is 0 Å². The average molecular weight is 472 g/mol. The number of amides is 1. The minimum absolute atomic E-state index is 0.0110. The number of nitrogens with zero attached hydrogens (tertiary/aromatic N) is 6. The van der Waals surface area contributed by atoms with Gasteiger partial charge in [0.05, 0.1) is 41.3 Å². The molecule has 0 fully saturated rings. The van der Waals surface area contributed by atoms with E-state index in [2.05, 4.69) is 40.8 Å². The lowest BCUT2D eigenvalue weighted by Crippen LogP contribution is -2.40. The van der Waals surface area contributed by atoms with Crippen LogP contribution < -0.4 is 0 Å². The van der Waals surface area contributed by atoms with Gasteiger partial charge in [-0.2, -0.15) is 0 Å². The van der Waals surface area contributed by atoms with Crippen molar-refractivity contribution in [1.82, 2.24) is 30.1 Å². The Hall–Kier alpha value is -2.71. The van der Waals surface area contributed by atoms with E-state index in [1.165, 1.54) is 0 Å². The van der Waals surface area contributed by atoms with Crippen LogP contribution in [0.3, 0.4) is 0 Å². The van der Waals surface area contributed by atoms with Crippen molar-refractivity contribution in [2.24, 2.45) is 4.47 Å². The highest BCUT2D eigenvalue weighted by Crippen LogP contribution is 2.34. The van der Waals surface area contributed by atoms with Crippen molar-refractivity contribution in [3.63, 3.8) is 0 Å². The largest absolute Gasteiger partial charge is 0.416 e. The van der Waals surface area contributed by atoms with Crippen LogP contribution in [0.15, 0.2) is 50.9 Å². The van der Waals surface area contributed by atoms with Crippen LogP contribution in [-0.4, -0.2) is 42.5 Å². The number of carbonyl (C=O) groups excluding carboxylic acids is 1. The van der Waals surface area contributed by atoms with E-state index in [4.69, 9.17) is 16.8 Å². The van der Waals surface area contributed by atoms with Gasteiger partial charge in [0.2, 0.25) is 5.89 Å². The minimum atomic E-state index is -0.415. The smallest absolute Gasteiger partial charge is 0.311 e. The molecule has 9 nitrogen and oxygen atoms in total. The van der Waals surface area contributed by atoms with Gasteiger partial charge in [0.25, 0.3) is 0 Å². The molecule has 2 aromatic heterocycles. The molecule has 0 saturated carbocycles. The lowest BCUT2D eigenvalue weighted by Gasteiger charge is -2.34. The zero-order chi connectivity index (χ0) is 22.9. The van der Waals surface area contributed by atoms with Gasteiger partial charge in [-0.05, 0) is 38.8 Å². The molecular weight excluding hydrogens is 445 g/mol. The Morgan fingerprint density at radius 3 is 2.97 bits per heavy atom. The molecule has 11 heteroatoms. The quantitative estimate of drug-likeness (QED) is 0.640. The monoisotopic (exact) mass is 471 g/mol. The van der Waals surface area contributed by atoms with Crippen LogP contribution in [0.25, 0.3) is 0 Å². The summed E-state index contributed by atoms with van der Waals surface area (Å²) >= 11 is 5.00. The third-order valence-electron chi connectivity index (χ3n) is 5.53. The Labute approximate surface area is 194 Å². The highest BCUT2D eigenvalue weighted by Gasteiger charge is 2.36. The number of imidazole rings is 1. The van der Waals surface area contributed by atoms with Gasteiger partial charge in [0, 0.05) is 24.4 Å². The summed E-state index contributed by atoms with van der Waals surface area (Å²) in [6, 6.07) is -0.277. The third kappa shape index (κ3) is 4.29. The Morgan fingerprint density at radius 1 is 1.47 bits per heavy atom. The lowest BCUT2D eigenvalue weighted by molar-refractivity contribution is 0.0613. The molecule has 0 radical (unpaired) electrons. The number of H-pyrrole nitrogens is 1. The van der Waals surface area contributed by atoms with Crippen molar-refractivity contribution >= 4 is 27.6 Å². The molecule has 4 rings (SSSR count). The van der Waals surface area contributed by atoms with E-state index in [0.29, 0.717) is 25.3 Å². The predicted molar refractivity (Wildman–Crippen MR) is 125 cm³/mol. The maximum atomic E-state index is 13.3. The Morgan fingerprint density at radius 2 is 2.28 bits per heavy atom. The number of fused-ring (bicyclic) bond motifs is 1. The summed E-state index contributed by atoms with van der Waals surface area (Å²) in [5.41, 5.74) is 3.77. The summed E-state index contributed by atoms with van der Waals surface area (Å²) < 4.78 is 9.70. The van der Waals surface area contributed by atoms with Crippen molar-refractivity contribution in [1.29, 1.82) is 0 Å². The topological polar surface area (TPSA) is 104 Å². The number of nitrogens with one attached hydrogen (secondary N) is 1. The first-order valence-electron chi connectivity index (χ1n) is 10.5. The van der Waals surface area contributed by atoms with E-state index in [1.807, 2.05) is 38.2 Å². The van der Waals surface area contributed by atoms with Gasteiger partial charge in [-0.3, -0.25) is 4.79 Å². The summed E-state index contributed by atoms with van der Waals surface area (Å²) in [5.74, 6) is 0.0900. The van der Waals surface area contributed by atoms with E-state index >= 15 is 0 Å². The summed E-state index contributed by atoms with van der Waals surface area (Å²) in [7, 11) is 2.64. The van der Waals surface area contributed by atoms with Gasteiger partial charge in [-0.25, -0.2) is 9.99 Å². The molecule has 0 aliphatic carbocycles. The molecule has 1 unspecified atom stereocenters. The van der Waals surface area contributed by atoms with Crippen LogP contribution in [0.1, 0.15) is 67.6 Å². The molecule has 0 saturated heterocycles. The number of aromatic nitrogens is 4. The van der Waals surface area contributed by atoms with Gasteiger partial charge >= 0.3 is 11.8 Å². The number of hydrogen-bond donors (Lipinski definition) is 1. The standard InChI is InChI=1S/C21H26N7O2PS/c1-4-13-6-5-7-14(28(13)26-32)8-9-16-17-15(22-12-23-17)10-11-27(16)19(29)18-24-25-20(30-18)21(2,3)31/h5-8,12,16H,4,9-11,31H2,1-3H3,(H,22,23)/b14-8-/t16-/m0/s1. The van der Waals surface area contributed by atoms with E-state index in [0.717, 1.165) is 29.2 Å². The highest BCUT2D eigenvalue weighted by molar-refractivity contribution is 7.47. The van der Waals surface area contributed by atoms with Crippen molar-refractivity contribution in [2.45, 2.75) is 51.2 Å². The second-order valence-electron chi connectivity index (χ2n) is 8.29. The Balaban J connectivity index is 1.63. The number of allylic oxidation sites excluding steroid dienone is 4. The number of hydrogen-bond acceptors (Lipinski definition) is 7. The van der Waals surface area contributed by atoms with Crippen LogP contribution in [-0.2, 0) is 24.0 Å². The van der Waals surface area contributed by atoms with Crippen molar-refractivity contribution in [3.05, 3.63) is 65.2 Å². The average Bonchev–Trinajstić information content (AvgIpc) is 3.46. The van der Waals surface area contributed by atoms with E-state index in [1.54, 1.807) is 16.2 Å². The van der Waals surface area contributed by atoms with Crippen LogP contribution in [0.2, 0.25) is 0 Å². The molecule has 2 atom stereocenters. The predicted octanol–water partition coefficient (Wildman–Crippen LogP) is 3.73. The van der Waals surface area contributed by atoms with Crippen LogP contribution in [0.4, 0.5) is 0 Å². The van der Waals surface area contributed by atoms with Gasteiger partial charge < -0.3 is 14.3 Å². The highest BCUT2D eigenvalue weighted by atomic mass is 32.1. The number of carbonyl (C=O) groups is 1. The number of aromatic amines is 1. The minimum Gasteiger partial charge on any atom is -0.416 e. The fourth-order valence-corrected chi connectivity index (χ4v) is 4.16. The van der Waals surface area contributed by atoms with Gasteiger partial charge in [-0.15, -0.1) is 19.4 Å². The summed E-state index contributed by atoms with van der Waals surface area (Å²) in [5, 5.41) is 9.40. The van der Waals surface area contributed by atoms with E-state index in [9.17, 15) is 4.79 Å². The molecule has 2 aliphatic heterocycles. The first-order valence-corrected chi connectivity index (χ1v) is 11.4. The van der Waals surface area contributed by atoms with Gasteiger partial charge in [0.15, 0.2) is 0 Å². The molecule has 32 heavy (non-hydrogen) atoms. The molecule has 0 bridgehead atoms. The zero-order valence-corrected chi connectivity index (χ0v) is 20.2. The second kappa shape index (κ2) is 9.03. The maximum Gasteiger partial charge on any atom is 0.311 e. The summed E-state index contributed by atoms with van der Waals surface area (Å²) in [6.07, 6.45) is 11.7. The van der Waals surface area contributed by atoms with Crippen LogP contribution in [0.5, 0.6) is 0 Å². The Bertz CT molecular complexity index is 1110. The molecule has 2 aliphatic rings. The van der Waals surface area contributed by atoms with E-state index < -0.39 is 5.16 Å². The molecule has 4 heterocycles. The normalized spacial score (nSPS) is 19.8. The molecule has 0 spiro atoms. The van der Waals surface area contributed by atoms with Crippen LogP contribution >= 0.6 is 9.24 Å². The molecule has 1 N–H and O–H groups in total. The first-order chi connectivity index (χ1) is 15.3. The first kappa shape index (κ1) is 22.5. The summed E-state index contributed by atoms with van der Waals surface area (Å²) in [6.45, 7) is 6.44. The summed E-state index contributed by atoms with van der Waals surface area (Å²) in [4.78, 5) is 22.8. The maximum absolute atomic E-state index is 13.3. The SMILES string of the molecule is CCC1=CC=C/C(=C/C[C@H]2c3nc[nH]c3CCN2C(=O)c2nnc(C(C)(C)P)o2)N1N=S. The van der Waals surface area contributed by atoms with E-state index in [-0.39, 0.29) is 17.8 Å². The molecule has 1 amide bonds. The molecule has 2 aromatic rings. The van der Waals surface area contributed by atoms with Crippen molar-refractivity contribution in [3.8, 4) is 0 Å². The number of rotatable bonds is 6. The van der Waals surface area contributed by atoms with Crippen molar-refractivity contribution in [2.75, 3.05) is 6.54 Å². The molecule has 168 valence electrons. The second-order valence-corrected chi connectivity index (χ2v) is 9.90. The fourth-order valence-electron chi connectivity index (χ4n) is 3.85. The van der Waals surface area contributed by atoms with Gasteiger partial charge in [-0.1, -0.05) is 23.5 Å². The third-order valence-corrected chi connectivity index (χ3v) is 5.94. The molecule has 0 aromatic carbocycles.